The zero-order chi connectivity index (χ0) is 11.2. The molecule has 5 nitrogen and oxygen atoms in total. The first-order valence-electron chi connectivity index (χ1n) is 3.65. The second kappa shape index (κ2) is 3.17. The van der Waals surface area contributed by atoms with E-state index in [9.17, 15) is 17.1 Å². The van der Waals surface area contributed by atoms with Crippen molar-refractivity contribution in [2.45, 2.75) is 4.90 Å². The first kappa shape index (κ1) is 10.4. The molecule has 0 saturated heterocycles. The molecular formula is C7H3BrFNO4S. The average molecular weight is 296 g/mol. The third-order valence-electron chi connectivity index (χ3n) is 1.74. The van der Waals surface area contributed by atoms with Crippen molar-refractivity contribution in [3.05, 3.63) is 27.2 Å². The van der Waals surface area contributed by atoms with Crippen molar-refractivity contribution < 1.29 is 16.7 Å². The Morgan fingerprint density at radius 1 is 1.40 bits per heavy atom. The summed E-state index contributed by atoms with van der Waals surface area (Å²) in [5.74, 6) is -0.731. The molecule has 0 aliphatic heterocycles. The molecule has 8 heteroatoms. The van der Waals surface area contributed by atoms with Gasteiger partial charge in [0.2, 0.25) is 0 Å². The van der Waals surface area contributed by atoms with Gasteiger partial charge in [-0.2, -0.15) is 8.42 Å². The van der Waals surface area contributed by atoms with E-state index in [0.29, 0.717) is 0 Å². The number of hydrogen-bond donors (Lipinski definition) is 1. The van der Waals surface area contributed by atoms with Gasteiger partial charge in [0.1, 0.15) is 4.90 Å². The molecule has 0 aliphatic carbocycles. The van der Waals surface area contributed by atoms with Gasteiger partial charge in [-0.15, -0.1) is 3.89 Å². The number of aromatic nitrogens is 1. The number of benzene rings is 1. The molecule has 1 aromatic heterocycles. The second-order valence-electron chi connectivity index (χ2n) is 2.73. The number of aromatic amines is 1. The summed E-state index contributed by atoms with van der Waals surface area (Å²) < 4.78 is 38.8. The van der Waals surface area contributed by atoms with Gasteiger partial charge in [-0.3, -0.25) is 4.98 Å². The summed E-state index contributed by atoms with van der Waals surface area (Å²) in [5, 5.41) is 0. The van der Waals surface area contributed by atoms with Crippen LogP contribution in [-0.2, 0) is 10.2 Å². The minimum Gasteiger partial charge on any atom is -0.408 e. The van der Waals surface area contributed by atoms with Gasteiger partial charge in [0, 0.05) is 4.47 Å². The fourth-order valence-corrected chi connectivity index (χ4v) is 2.59. The summed E-state index contributed by atoms with van der Waals surface area (Å²) >= 11 is 2.87. The van der Waals surface area contributed by atoms with Gasteiger partial charge in [0.15, 0.2) is 5.58 Å². The Morgan fingerprint density at radius 2 is 2.07 bits per heavy atom. The van der Waals surface area contributed by atoms with E-state index in [1.807, 2.05) is 0 Å². The fourth-order valence-electron chi connectivity index (χ4n) is 1.14. The second-order valence-corrected chi connectivity index (χ2v) is 4.90. The molecule has 0 fully saturated rings. The van der Waals surface area contributed by atoms with Gasteiger partial charge in [0.05, 0.1) is 5.52 Å². The monoisotopic (exact) mass is 295 g/mol. The molecule has 0 bridgehead atoms. The molecule has 2 rings (SSSR count). The normalized spacial score (nSPS) is 12.1. The van der Waals surface area contributed by atoms with E-state index in [0.717, 1.165) is 6.07 Å². The van der Waals surface area contributed by atoms with E-state index in [4.69, 9.17) is 0 Å². The summed E-state index contributed by atoms with van der Waals surface area (Å²) in [6.45, 7) is 0. The smallest absolute Gasteiger partial charge is 0.408 e. The first-order chi connectivity index (χ1) is 6.88. The lowest BCUT2D eigenvalue weighted by Gasteiger charge is -1.97. The van der Waals surface area contributed by atoms with E-state index in [-0.39, 0.29) is 15.6 Å². The van der Waals surface area contributed by atoms with Gasteiger partial charge in [-0.25, -0.2) is 4.79 Å². The van der Waals surface area contributed by atoms with Crippen molar-refractivity contribution >= 4 is 37.3 Å². The van der Waals surface area contributed by atoms with Crippen molar-refractivity contribution in [2.24, 2.45) is 0 Å². The summed E-state index contributed by atoms with van der Waals surface area (Å²) in [5.41, 5.74) is 0.277. The summed E-state index contributed by atoms with van der Waals surface area (Å²) in [7, 11) is -4.83. The number of nitrogens with one attached hydrogen (secondary N) is 1. The van der Waals surface area contributed by atoms with Crippen molar-refractivity contribution in [1.29, 1.82) is 0 Å². The van der Waals surface area contributed by atoms with Gasteiger partial charge in [-0.1, -0.05) is 0 Å². The van der Waals surface area contributed by atoms with Gasteiger partial charge in [-0.05, 0) is 28.1 Å². The number of fused-ring (bicyclic) bond motifs is 1. The average Bonchev–Trinajstić information content (AvgIpc) is 2.40. The van der Waals surface area contributed by atoms with Crippen LogP contribution in [-0.4, -0.2) is 13.4 Å². The molecule has 15 heavy (non-hydrogen) atoms. The maximum absolute atomic E-state index is 12.7. The van der Waals surface area contributed by atoms with Gasteiger partial charge < -0.3 is 4.42 Å². The molecule has 0 radical (unpaired) electrons. The quantitative estimate of drug-likeness (QED) is 0.809. The van der Waals surface area contributed by atoms with Gasteiger partial charge in [0.25, 0.3) is 0 Å². The molecule has 0 saturated carbocycles. The fraction of sp³-hybridized carbons (Fsp3) is 0. The highest BCUT2D eigenvalue weighted by molar-refractivity contribution is 9.10. The molecule has 1 N–H and O–H groups in total. The van der Waals surface area contributed by atoms with Crippen LogP contribution < -0.4 is 5.76 Å². The van der Waals surface area contributed by atoms with E-state index < -0.39 is 20.9 Å². The summed E-state index contributed by atoms with van der Waals surface area (Å²) in [6.07, 6.45) is 0. The standard InChI is InChI=1S/C7H3BrFNO4S/c8-3-1-5-4(10-7(11)14-5)2-6(3)15(9,12)13/h1-2H,(H,10,11). The maximum Gasteiger partial charge on any atom is 0.417 e. The third-order valence-corrected chi connectivity index (χ3v) is 3.52. The third kappa shape index (κ3) is 1.82. The Bertz CT molecular complexity index is 687. The number of rotatable bonds is 1. The van der Waals surface area contributed by atoms with Crippen LogP contribution in [0.15, 0.2) is 30.7 Å². The van der Waals surface area contributed by atoms with Crippen LogP contribution in [0, 0.1) is 0 Å². The van der Waals surface area contributed by atoms with Crippen LogP contribution in [0.25, 0.3) is 11.1 Å². The number of H-pyrrole nitrogens is 1. The van der Waals surface area contributed by atoms with Crippen LogP contribution in [0.2, 0.25) is 0 Å². The molecule has 2 aromatic rings. The highest BCUT2D eigenvalue weighted by Crippen LogP contribution is 2.27. The Kier molecular flexibility index (Phi) is 2.19. The molecule has 1 heterocycles. The number of halogens is 2. The zero-order valence-electron chi connectivity index (χ0n) is 6.95. The van der Waals surface area contributed by atoms with Crippen LogP contribution >= 0.6 is 15.9 Å². The van der Waals surface area contributed by atoms with Crippen LogP contribution in [0.3, 0.4) is 0 Å². The molecule has 1 aromatic carbocycles. The van der Waals surface area contributed by atoms with Gasteiger partial charge >= 0.3 is 16.0 Å². The van der Waals surface area contributed by atoms with Crippen molar-refractivity contribution in [3.63, 3.8) is 0 Å². The maximum atomic E-state index is 12.7. The summed E-state index contributed by atoms with van der Waals surface area (Å²) in [4.78, 5) is 12.5. The Labute approximate surface area is 91.2 Å². The molecule has 0 atom stereocenters. The largest absolute Gasteiger partial charge is 0.417 e. The lowest BCUT2D eigenvalue weighted by Crippen LogP contribution is -1.94. The highest BCUT2D eigenvalue weighted by atomic mass is 79.9. The highest BCUT2D eigenvalue weighted by Gasteiger charge is 2.18. The topological polar surface area (TPSA) is 80.1 Å². The minimum absolute atomic E-state index is 0.000231. The first-order valence-corrected chi connectivity index (χ1v) is 5.82. The molecular weight excluding hydrogens is 293 g/mol. The number of oxazole rings is 1. The van der Waals surface area contributed by atoms with Crippen LogP contribution in [0.4, 0.5) is 3.89 Å². The van der Waals surface area contributed by atoms with Crippen LogP contribution in [0.5, 0.6) is 0 Å². The molecule has 0 aliphatic rings. The molecule has 0 amide bonds. The zero-order valence-corrected chi connectivity index (χ0v) is 9.35. The van der Waals surface area contributed by atoms with Crippen LogP contribution in [0.1, 0.15) is 0 Å². The summed E-state index contributed by atoms with van der Waals surface area (Å²) in [6, 6.07) is 2.19. The lowest BCUT2D eigenvalue weighted by molar-refractivity contribution is 0.551. The van der Waals surface area contributed by atoms with Crippen molar-refractivity contribution in [2.75, 3.05) is 0 Å². The number of hydrogen-bond acceptors (Lipinski definition) is 4. The molecule has 0 spiro atoms. The van der Waals surface area contributed by atoms with E-state index in [1.54, 1.807) is 0 Å². The van der Waals surface area contributed by atoms with E-state index in [2.05, 4.69) is 25.3 Å². The predicted octanol–water partition coefficient (Wildman–Crippen LogP) is 1.54. The molecule has 0 unspecified atom stereocenters. The minimum atomic E-state index is -4.83. The Morgan fingerprint density at radius 3 is 2.67 bits per heavy atom. The van der Waals surface area contributed by atoms with E-state index >= 15 is 0 Å². The SMILES string of the molecule is O=c1[nH]c2cc(S(=O)(=O)F)c(Br)cc2o1. The predicted molar refractivity (Wildman–Crippen MR) is 52.8 cm³/mol. The lowest BCUT2D eigenvalue weighted by atomic mass is 10.3. The van der Waals surface area contributed by atoms with E-state index in [1.165, 1.54) is 6.07 Å². The Hall–Kier alpha value is -1.15. The molecule has 80 valence electrons. The van der Waals surface area contributed by atoms with Crippen molar-refractivity contribution in [1.82, 2.24) is 4.98 Å². The Balaban J connectivity index is 2.89. The van der Waals surface area contributed by atoms with Crippen molar-refractivity contribution in [3.8, 4) is 0 Å².